The summed E-state index contributed by atoms with van der Waals surface area (Å²) >= 11 is 0. The largest absolute Gasteiger partial charge is 0.496 e. The molecule has 0 aliphatic carbocycles. The third kappa shape index (κ3) is 6.06. The zero-order chi connectivity index (χ0) is 21.3. The monoisotopic (exact) mass is 413 g/mol. The molecule has 31 heavy (non-hydrogen) atoms. The molecule has 0 amide bonds. The molecule has 4 rings (SSSR count). The Morgan fingerprint density at radius 2 is 1.61 bits per heavy atom. The second kappa shape index (κ2) is 10.9. The summed E-state index contributed by atoms with van der Waals surface area (Å²) in [6.45, 7) is 4.41. The Bertz CT molecular complexity index is 982. The molecule has 1 aliphatic rings. The molecule has 3 nitrogen and oxygen atoms in total. The lowest BCUT2D eigenvalue weighted by atomic mass is 9.96. The summed E-state index contributed by atoms with van der Waals surface area (Å²) in [5.74, 6) is 0.939. The van der Waals surface area contributed by atoms with Crippen LogP contribution in [0.25, 0.3) is 5.57 Å². The van der Waals surface area contributed by atoms with Crippen molar-refractivity contribution in [3.8, 4) is 5.75 Å². The van der Waals surface area contributed by atoms with Gasteiger partial charge in [0.1, 0.15) is 5.75 Å². The van der Waals surface area contributed by atoms with Gasteiger partial charge in [0, 0.05) is 19.6 Å². The zero-order valence-electron chi connectivity index (χ0n) is 18.3. The maximum Gasteiger partial charge on any atom is 0.122 e. The van der Waals surface area contributed by atoms with Crippen molar-refractivity contribution >= 4 is 5.57 Å². The standard InChI is InChI=1S/C28H31NO2/c1-30-28-13-12-26(20-27(28)16-19-31-22-24-10-6-3-7-11-24)25-14-17-29(18-15-25)21-23-8-4-2-5-9-23/h2-14,20H,15-19,21-22H2,1H3. The molecular formula is C28H31NO2. The van der Waals surface area contributed by atoms with Crippen LogP contribution in [0.4, 0.5) is 0 Å². The first-order chi connectivity index (χ1) is 15.3. The number of benzene rings is 3. The molecule has 0 unspecified atom stereocenters. The van der Waals surface area contributed by atoms with Crippen LogP contribution >= 0.6 is 0 Å². The molecule has 3 aromatic rings. The normalized spacial score (nSPS) is 14.3. The minimum Gasteiger partial charge on any atom is -0.496 e. The SMILES string of the molecule is COc1ccc(C2=CCN(Cc3ccccc3)CC2)cc1CCOCc1ccccc1. The van der Waals surface area contributed by atoms with Crippen LogP contribution in [0, 0.1) is 0 Å². The summed E-state index contributed by atoms with van der Waals surface area (Å²) in [4.78, 5) is 2.50. The fourth-order valence-electron chi connectivity index (χ4n) is 4.08. The van der Waals surface area contributed by atoms with Gasteiger partial charge in [-0.3, -0.25) is 4.90 Å². The van der Waals surface area contributed by atoms with Crippen molar-refractivity contribution in [1.29, 1.82) is 0 Å². The van der Waals surface area contributed by atoms with E-state index in [0.717, 1.165) is 38.2 Å². The van der Waals surface area contributed by atoms with Crippen molar-refractivity contribution in [2.24, 2.45) is 0 Å². The van der Waals surface area contributed by atoms with E-state index in [0.29, 0.717) is 13.2 Å². The minimum atomic E-state index is 0.644. The number of hydrogen-bond donors (Lipinski definition) is 0. The maximum absolute atomic E-state index is 5.90. The summed E-state index contributed by atoms with van der Waals surface area (Å²) in [5.41, 5.74) is 6.52. The van der Waals surface area contributed by atoms with E-state index in [1.165, 1.54) is 27.8 Å². The first-order valence-electron chi connectivity index (χ1n) is 11.1. The van der Waals surface area contributed by atoms with Crippen molar-refractivity contribution in [3.05, 3.63) is 107 Å². The number of nitrogens with zero attached hydrogens (tertiary/aromatic N) is 1. The Kier molecular flexibility index (Phi) is 7.54. The van der Waals surface area contributed by atoms with Crippen LogP contribution in [0.2, 0.25) is 0 Å². The second-order valence-electron chi connectivity index (χ2n) is 8.01. The average molecular weight is 414 g/mol. The van der Waals surface area contributed by atoms with Crippen molar-refractivity contribution in [2.75, 3.05) is 26.8 Å². The van der Waals surface area contributed by atoms with E-state index in [9.17, 15) is 0 Å². The number of hydrogen-bond acceptors (Lipinski definition) is 3. The van der Waals surface area contributed by atoms with Crippen molar-refractivity contribution in [1.82, 2.24) is 4.90 Å². The Balaban J connectivity index is 1.35. The predicted octanol–water partition coefficient (Wildman–Crippen LogP) is 5.74. The maximum atomic E-state index is 5.90. The number of methoxy groups -OCH3 is 1. The molecule has 0 saturated heterocycles. The molecule has 160 valence electrons. The highest BCUT2D eigenvalue weighted by molar-refractivity contribution is 5.68. The van der Waals surface area contributed by atoms with Crippen LogP contribution in [0.3, 0.4) is 0 Å². The molecule has 3 heteroatoms. The Morgan fingerprint density at radius 3 is 2.29 bits per heavy atom. The van der Waals surface area contributed by atoms with E-state index >= 15 is 0 Å². The molecule has 0 radical (unpaired) electrons. The average Bonchev–Trinajstić information content (AvgIpc) is 2.83. The molecule has 1 aliphatic heterocycles. The van der Waals surface area contributed by atoms with Crippen LogP contribution in [0.5, 0.6) is 5.75 Å². The fourth-order valence-corrected chi connectivity index (χ4v) is 4.08. The van der Waals surface area contributed by atoms with Gasteiger partial charge in [0.2, 0.25) is 0 Å². The van der Waals surface area contributed by atoms with Gasteiger partial charge in [-0.1, -0.05) is 72.8 Å². The molecule has 0 spiro atoms. The molecule has 1 heterocycles. The summed E-state index contributed by atoms with van der Waals surface area (Å²) in [6.07, 6.45) is 4.30. The summed E-state index contributed by atoms with van der Waals surface area (Å²) in [5, 5.41) is 0. The highest BCUT2D eigenvalue weighted by Crippen LogP contribution is 2.28. The zero-order valence-corrected chi connectivity index (χ0v) is 18.3. The predicted molar refractivity (Wildman–Crippen MR) is 127 cm³/mol. The first-order valence-corrected chi connectivity index (χ1v) is 11.1. The molecule has 0 aromatic heterocycles. The molecule has 0 N–H and O–H groups in total. The summed E-state index contributed by atoms with van der Waals surface area (Å²) in [6, 6.07) is 27.6. The Labute approximate surface area is 185 Å². The minimum absolute atomic E-state index is 0.644. The van der Waals surface area contributed by atoms with Gasteiger partial charge in [-0.2, -0.15) is 0 Å². The first kappa shape index (κ1) is 21.4. The van der Waals surface area contributed by atoms with Gasteiger partial charge in [0.25, 0.3) is 0 Å². The molecule has 0 atom stereocenters. The van der Waals surface area contributed by atoms with Crippen molar-refractivity contribution in [3.63, 3.8) is 0 Å². The van der Waals surface area contributed by atoms with E-state index in [1.54, 1.807) is 7.11 Å². The van der Waals surface area contributed by atoms with Gasteiger partial charge in [-0.25, -0.2) is 0 Å². The lowest BCUT2D eigenvalue weighted by molar-refractivity contribution is 0.123. The lowest BCUT2D eigenvalue weighted by Gasteiger charge is -2.27. The second-order valence-corrected chi connectivity index (χ2v) is 8.01. The van der Waals surface area contributed by atoms with E-state index in [2.05, 4.69) is 71.6 Å². The quantitative estimate of drug-likeness (QED) is 0.417. The van der Waals surface area contributed by atoms with E-state index in [1.807, 2.05) is 18.2 Å². The number of ether oxygens (including phenoxy) is 2. The summed E-state index contributed by atoms with van der Waals surface area (Å²) in [7, 11) is 1.74. The molecule has 3 aromatic carbocycles. The van der Waals surface area contributed by atoms with Crippen LogP contribution in [-0.4, -0.2) is 31.7 Å². The van der Waals surface area contributed by atoms with Gasteiger partial charge in [-0.05, 0) is 52.8 Å². The van der Waals surface area contributed by atoms with Crippen LogP contribution in [0.1, 0.15) is 28.7 Å². The molecular weight excluding hydrogens is 382 g/mol. The number of rotatable bonds is 9. The third-order valence-electron chi connectivity index (χ3n) is 5.82. The molecule has 0 fully saturated rings. The van der Waals surface area contributed by atoms with Crippen LogP contribution < -0.4 is 4.74 Å². The smallest absolute Gasteiger partial charge is 0.122 e. The summed E-state index contributed by atoms with van der Waals surface area (Å²) < 4.78 is 11.5. The highest BCUT2D eigenvalue weighted by Gasteiger charge is 2.15. The molecule has 0 bridgehead atoms. The fraction of sp³-hybridized carbons (Fsp3) is 0.286. The van der Waals surface area contributed by atoms with E-state index in [4.69, 9.17) is 9.47 Å². The van der Waals surface area contributed by atoms with Crippen LogP contribution in [-0.2, 0) is 24.3 Å². The van der Waals surface area contributed by atoms with Gasteiger partial charge < -0.3 is 9.47 Å². The lowest BCUT2D eigenvalue weighted by Crippen LogP contribution is -2.28. The van der Waals surface area contributed by atoms with Gasteiger partial charge in [0.05, 0.1) is 20.3 Å². The topological polar surface area (TPSA) is 21.7 Å². The van der Waals surface area contributed by atoms with E-state index in [-0.39, 0.29) is 0 Å². The van der Waals surface area contributed by atoms with Gasteiger partial charge in [-0.15, -0.1) is 0 Å². The Morgan fingerprint density at radius 1 is 0.871 bits per heavy atom. The highest BCUT2D eigenvalue weighted by atomic mass is 16.5. The van der Waals surface area contributed by atoms with Crippen molar-refractivity contribution < 1.29 is 9.47 Å². The molecule has 0 saturated carbocycles. The van der Waals surface area contributed by atoms with E-state index < -0.39 is 0 Å². The van der Waals surface area contributed by atoms with Crippen LogP contribution in [0.15, 0.2) is 84.9 Å². The third-order valence-corrected chi connectivity index (χ3v) is 5.82. The van der Waals surface area contributed by atoms with Gasteiger partial charge >= 0.3 is 0 Å². The van der Waals surface area contributed by atoms with Crippen molar-refractivity contribution in [2.45, 2.75) is 26.0 Å². The van der Waals surface area contributed by atoms with Gasteiger partial charge in [0.15, 0.2) is 0 Å². The Hall–Kier alpha value is -2.88.